The molecule has 3 rings (SSSR count). The summed E-state index contributed by atoms with van der Waals surface area (Å²) in [6.07, 6.45) is 1.69. The highest BCUT2D eigenvalue weighted by Gasteiger charge is 2.11. The number of aromatic nitrogens is 2. The Bertz CT molecular complexity index is 552. The van der Waals surface area contributed by atoms with E-state index in [-0.39, 0.29) is 0 Å². The first-order valence-corrected chi connectivity index (χ1v) is 7.18. The van der Waals surface area contributed by atoms with Crippen LogP contribution in [0.2, 0.25) is 0 Å². The molecule has 19 heavy (non-hydrogen) atoms. The Morgan fingerprint density at radius 2 is 2.21 bits per heavy atom. The van der Waals surface area contributed by atoms with E-state index in [1.165, 1.54) is 0 Å². The molecule has 0 unspecified atom stereocenters. The largest absolute Gasteiger partial charge is 0.491 e. The van der Waals surface area contributed by atoms with E-state index in [0.717, 1.165) is 54.1 Å². The molecule has 1 aromatic carbocycles. The molecule has 102 valence electrons. The maximum Gasteiger partial charge on any atom is 0.135 e. The maximum atomic E-state index is 5.83. The summed E-state index contributed by atoms with van der Waals surface area (Å²) in [6, 6.07) is 3.95. The number of hydrogen-bond donors (Lipinski definition) is 1. The van der Waals surface area contributed by atoms with Crippen molar-refractivity contribution in [3.63, 3.8) is 0 Å². The molecule has 0 spiro atoms. The molecule has 1 N–H and O–H groups in total. The lowest BCUT2D eigenvalue weighted by molar-refractivity contribution is 0.0322. The molecule has 1 fully saturated rings. The molecule has 0 bridgehead atoms. The van der Waals surface area contributed by atoms with E-state index in [0.29, 0.717) is 6.61 Å². The average molecular weight is 326 g/mol. The highest BCUT2D eigenvalue weighted by Crippen LogP contribution is 2.28. The number of morpholine rings is 1. The number of ether oxygens (including phenoxy) is 2. The summed E-state index contributed by atoms with van der Waals surface area (Å²) in [7, 11) is 0. The van der Waals surface area contributed by atoms with Gasteiger partial charge in [0.2, 0.25) is 0 Å². The smallest absolute Gasteiger partial charge is 0.135 e. The second-order valence-corrected chi connectivity index (χ2v) is 5.36. The average Bonchev–Trinajstić information content (AvgIpc) is 2.87. The zero-order chi connectivity index (χ0) is 13.1. The van der Waals surface area contributed by atoms with Crippen LogP contribution in [-0.4, -0.2) is 54.3 Å². The third kappa shape index (κ3) is 3.08. The lowest BCUT2D eigenvalue weighted by atomic mass is 10.3. The number of imidazole rings is 1. The van der Waals surface area contributed by atoms with Crippen LogP contribution >= 0.6 is 15.9 Å². The predicted octanol–water partition coefficient (Wildman–Crippen LogP) is 2.04. The summed E-state index contributed by atoms with van der Waals surface area (Å²) in [5, 5.41) is 0. The molecule has 0 amide bonds. The van der Waals surface area contributed by atoms with Crippen LogP contribution in [0.5, 0.6) is 5.75 Å². The van der Waals surface area contributed by atoms with Gasteiger partial charge in [-0.2, -0.15) is 0 Å². The Morgan fingerprint density at radius 1 is 1.37 bits per heavy atom. The SMILES string of the molecule is Brc1cc2[nH]cnc2cc1OCCN1CCOCC1. The van der Waals surface area contributed by atoms with Gasteiger partial charge in [-0.1, -0.05) is 0 Å². The van der Waals surface area contributed by atoms with Crippen molar-refractivity contribution >= 4 is 27.0 Å². The molecular formula is C13H16BrN3O2. The van der Waals surface area contributed by atoms with Crippen molar-refractivity contribution in [2.45, 2.75) is 0 Å². The predicted molar refractivity (Wildman–Crippen MR) is 76.5 cm³/mol. The minimum absolute atomic E-state index is 0.675. The van der Waals surface area contributed by atoms with Crippen molar-refractivity contribution in [1.29, 1.82) is 0 Å². The van der Waals surface area contributed by atoms with E-state index in [4.69, 9.17) is 9.47 Å². The number of H-pyrrole nitrogens is 1. The van der Waals surface area contributed by atoms with Crippen LogP contribution in [0.4, 0.5) is 0 Å². The van der Waals surface area contributed by atoms with Gasteiger partial charge in [-0.25, -0.2) is 4.98 Å². The number of hydrogen-bond acceptors (Lipinski definition) is 4. The summed E-state index contributed by atoms with van der Waals surface area (Å²) >= 11 is 3.52. The monoisotopic (exact) mass is 325 g/mol. The highest BCUT2D eigenvalue weighted by atomic mass is 79.9. The number of fused-ring (bicyclic) bond motifs is 1. The first-order valence-electron chi connectivity index (χ1n) is 6.38. The summed E-state index contributed by atoms with van der Waals surface area (Å²) < 4.78 is 12.1. The molecule has 1 aliphatic heterocycles. The molecule has 0 saturated carbocycles. The van der Waals surface area contributed by atoms with Gasteiger partial charge in [0, 0.05) is 25.7 Å². The van der Waals surface area contributed by atoms with E-state index in [2.05, 4.69) is 30.8 Å². The van der Waals surface area contributed by atoms with E-state index in [1.807, 2.05) is 12.1 Å². The quantitative estimate of drug-likeness (QED) is 0.934. The standard InChI is InChI=1S/C13H16BrN3O2/c14-10-7-11-12(16-9-15-11)8-13(10)19-6-3-17-1-4-18-5-2-17/h7-9H,1-6H2,(H,15,16). The van der Waals surface area contributed by atoms with Crippen LogP contribution in [0.25, 0.3) is 11.0 Å². The molecule has 5 nitrogen and oxygen atoms in total. The van der Waals surface area contributed by atoms with Gasteiger partial charge < -0.3 is 14.5 Å². The lowest BCUT2D eigenvalue weighted by Gasteiger charge is -2.26. The van der Waals surface area contributed by atoms with Crippen LogP contribution in [0.15, 0.2) is 22.9 Å². The third-order valence-electron chi connectivity index (χ3n) is 3.24. The number of rotatable bonds is 4. The van der Waals surface area contributed by atoms with Gasteiger partial charge in [0.15, 0.2) is 0 Å². The zero-order valence-corrected chi connectivity index (χ0v) is 12.1. The van der Waals surface area contributed by atoms with Crippen LogP contribution in [0.3, 0.4) is 0 Å². The van der Waals surface area contributed by atoms with E-state index in [1.54, 1.807) is 6.33 Å². The zero-order valence-electron chi connectivity index (χ0n) is 10.6. The molecule has 2 heterocycles. The number of halogens is 1. The third-order valence-corrected chi connectivity index (χ3v) is 3.86. The normalized spacial score (nSPS) is 16.9. The molecule has 1 saturated heterocycles. The van der Waals surface area contributed by atoms with Gasteiger partial charge >= 0.3 is 0 Å². The number of nitrogens with one attached hydrogen (secondary N) is 1. The summed E-state index contributed by atoms with van der Waals surface area (Å²) in [5.74, 6) is 0.841. The van der Waals surface area contributed by atoms with Crippen molar-refractivity contribution in [2.24, 2.45) is 0 Å². The van der Waals surface area contributed by atoms with Crippen molar-refractivity contribution in [3.05, 3.63) is 22.9 Å². The molecule has 1 aromatic heterocycles. The second kappa shape index (κ2) is 5.90. The van der Waals surface area contributed by atoms with Gasteiger partial charge in [-0.3, -0.25) is 4.90 Å². The summed E-state index contributed by atoms with van der Waals surface area (Å²) in [5.41, 5.74) is 1.93. The van der Waals surface area contributed by atoms with Crippen LogP contribution in [-0.2, 0) is 4.74 Å². The first-order chi connectivity index (χ1) is 9.33. The van der Waals surface area contributed by atoms with Crippen molar-refractivity contribution in [2.75, 3.05) is 39.5 Å². The Balaban J connectivity index is 1.59. The van der Waals surface area contributed by atoms with E-state index in [9.17, 15) is 0 Å². The van der Waals surface area contributed by atoms with Crippen molar-refractivity contribution < 1.29 is 9.47 Å². The van der Waals surface area contributed by atoms with Gasteiger partial charge in [0.25, 0.3) is 0 Å². The van der Waals surface area contributed by atoms with Gasteiger partial charge in [0.05, 0.1) is 35.0 Å². The highest BCUT2D eigenvalue weighted by molar-refractivity contribution is 9.10. The topological polar surface area (TPSA) is 50.4 Å². The first kappa shape index (κ1) is 12.9. The van der Waals surface area contributed by atoms with Crippen LogP contribution < -0.4 is 4.74 Å². The van der Waals surface area contributed by atoms with Gasteiger partial charge in [0.1, 0.15) is 12.4 Å². The van der Waals surface area contributed by atoms with Crippen molar-refractivity contribution in [3.8, 4) is 5.75 Å². The molecule has 1 aliphatic rings. The number of aromatic amines is 1. The molecule has 0 aliphatic carbocycles. The lowest BCUT2D eigenvalue weighted by Crippen LogP contribution is -2.38. The summed E-state index contributed by atoms with van der Waals surface area (Å²) in [6.45, 7) is 5.22. The fourth-order valence-corrected chi connectivity index (χ4v) is 2.61. The Hall–Kier alpha value is -1.11. The molecular weight excluding hydrogens is 310 g/mol. The van der Waals surface area contributed by atoms with Gasteiger partial charge in [-0.15, -0.1) is 0 Å². The molecule has 0 atom stereocenters. The van der Waals surface area contributed by atoms with Crippen LogP contribution in [0.1, 0.15) is 0 Å². The van der Waals surface area contributed by atoms with Crippen LogP contribution in [0, 0.1) is 0 Å². The summed E-state index contributed by atoms with van der Waals surface area (Å²) in [4.78, 5) is 9.66. The van der Waals surface area contributed by atoms with Crippen molar-refractivity contribution in [1.82, 2.24) is 14.9 Å². The molecule has 0 radical (unpaired) electrons. The molecule has 6 heteroatoms. The fourth-order valence-electron chi connectivity index (χ4n) is 2.16. The number of benzene rings is 1. The second-order valence-electron chi connectivity index (χ2n) is 4.50. The van der Waals surface area contributed by atoms with E-state index < -0.39 is 0 Å². The Labute approximate surface area is 120 Å². The maximum absolute atomic E-state index is 5.83. The Morgan fingerprint density at radius 3 is 3.05 bits per heavy atom. The number of nitrogens with zero attached hydrogens (tertiary/aromatic N) is 2. The fraction of sp³-hybridized carbons (Fsp3) is 0.462. The molecule has 2 aromatic rings. The minimum Gasteiger partial charge on any atom is -0.491 e. The Kier molecular flexibility index (Phi) is 4.00. The minimum atomic E-state index is 0.675. The van der Waals surface area contributed by atoms with Gasteiger partial charge in [-0.05, 0) is 22.0 Å². The van der Waals surface area contributed by atoms with E-state index >= 15 is 0 Å².